The molecule has 0 unspecified atom stereocenters. The Balaban J connectivity index is 1.86. The van der Waals surface area contributed by atoms with Crippen LogP contribution in [-0.2, 0) is 11.8 Å². The molecule has 1 amide bonds. The first-order valence-electron chi connectivity index (χ1n) is 10.4. The van der Waals surface area contributed by atoms with Gasteiger partial charge in [0, 0.05) is 55.3 Å². The normalized spacial score (nSPS) is 11.2. The lowest BCUT2D eigenvalue weighted by molar-refractivity contribution is 0.0917. The molecule has 0 aliphatic rings. The maximum atomic E-state index is 12.8. The summed E-state index contributed by atoms with van der Waals surface area (Å²) in [6, 6.07) is 14.9. The van der Waals surface area contributed by atoms with Crippen LogP contribution in [0.1, 0.15) is 35.3 Å². The molecule has 0 fully saturated rings. The minimum absolute atomic E-state index is 0.173. The number of anilines is 2. The first-order valence-corrected chi connectivity index (χ1v) is 10.4. The lowest BCUT2D eigenvalue weighted by Gasteiger charge is -2.15. The molecule has 1 atom stereocenters. The van der Waals surface area contributed by atoms with Crippen molar-refractivity contribution in [2.24, 2.45) is 7.05 Å². The van der Waals surface area contributed by atoms with Crippen molar-refractivity contribution < 1.29 is 14.3 Å². The van der Waals surface area contributed by atoms with Crippen LogP contribution >= 0.6 is 0 Å². The summed E-state index contributed by atoms with van der Waals surface area (Å²) in [4.78, 5) is 12.8. The molecule has 1 aromatic heterocycles. The third-order valence-corrected chi connectivity index (χ3v) is 4.48. The number of aromatic nitrogens is 2. The van der Waals surface area contributed by atoms with Crippen molar-refractivity contribution in [1.29, 1.82) is 0 Å². The van der Waals surface area contributed by atoms with Gasteiger partial charge in [0.1, 0.15) is 11.9 Å². The Labute approximate surface area is 188 Å². The highest BCUT2D eigenvalue weighted by molar-refractivity contribution is 6.04. The fourth-order valence-corrected chi connectivity index (χ4v) is 3.06. The molecule has 2 N–H and O–H groups in total. The fourth-order valence-electron chi connectivity index (χ4n) is 3.06. The summed E-state index contributed by atoms with van der Waals surface area (Å²) in [7, 11) is 3.41. The molecule has 0 aliphatic heterocycles. The number of hydrogen-bond donors (Lipinski definition) is 2. The van der Waals surface area contributed by atoms with Gasteiger partial charge < -0.3 is 20.1 Å². The Morgan fingerprint density at radius 1 is 1.12 bits per heavy atom. The zero-order valence-corrected chi connectivity index (χ0v) is 18.8. The summed E-state index contributed by atoms with van der Waals surface area (Å²) in [5, 5.41) is 10.3. The Morgan fingerprint density at radius 3 is 2.53 bits per heavy atom. The van der Waals surface area contributed by atoms with Crippen LogP contribution in [-0.4, -0.2) is 42.1 Å². The van der Waals surface area contributed by atoms with Gasteiger partial charge in [-0.05, 0) is 56.3 Å². The second-order valence-electron chi connectivity index (χ2n) is 7.32. The van der Waals surface area contributed by atoms with Gasteiger partial charge in [-0.3, -0.25) is 9.48 Å². The molecule has 0 bridgehead atoms. The molecular weight excluding hydrogens is 404 g/mol. The van der Waals surface area contributed by atoms with Crippen LogP contribution in [0.3, 0.4) is 0 Å². The second-order valence-corrected chi connectivity index (χ2v) is 7.32. The van der Waals surface area contributed by atoms with E-state index < -0.39 is 0 Å². The van der Waals surface area contributed by atoms with Crippen molar-refractivity contribution in [3.05, 3.63) is 71.4 Å². The van der Waals surface area contributed by atoms with Gasteiger partial charge in [0.15, 0.2) is 5.82 Å². The topological polar surface area (TPSA) is 77.4 Å². The molecular formula is C25H28N4O3. The van der Waals surface area contributed by atoms with Crippen molar-refractivity contribution in [3.8, 4) is 17.6 Å². The van der Waals surface area contributed by atoms with Crippen LogP contribution in [0.25, 0.3) is 0 Å². The fraction of sp³-hybridized carbons (Fsp3) is 0.280. The van der Waals surface area contributed by atoms with Crippen molar-refractivity contribution in [1.82, 2.24) is 9.78 Å². The first-order chi connectivity index (χ1) is 15.5. The largest absolute Gasteiger partial charge is 0.488 e. The minimum Gasteiger partial charge on any atom is -0.488 e. The summed E-state index contributed by atoms with van der Waals surface area (Å²) in [5.41, 5.74) is 3.04. The molecule has 0 aliphatic carbocycles. The van der Waals surface area contributed by atoms with Crippen molar-refractivity contribution in [3.63, 3.8) is 0 Å². The van der Waals surface area contributed by atoms with E-state index in [-0.39, 0.29) is 12.0 Å². The van der Waals surface area contributed by atoms with Crippen molar-refractivity contribution >= 4 is 17.4 Å². The molecule has 1 heterocycles. The third kappa shape index (κ3) is 6.62. The summed E-state index contributed by atoms with van der Waals surface area (Å²) >= 11 is 0. The quantitative estimate of drug-likeness (QED) is 0.528. The zero-order valence-electron chi connectivity index (χ0n) is 18.8. The van der Waals surface area contributed by atoms with Crippen LogP contribution < -0.4 is 15.4 Å². The molecule has 0 radical (unpaired) electrons. The maximum absolute atomic E-state index is 12.8. The molecule has 2 aromatic carbocycles. The van der Waals surface area contributed by atoms with Gasteiger partial charge in [0.05, 0.1) is 6.61 Å². The van der Waals surface area contributed by atoms with Gasteiger partial charge in [0.2, 0.25) is 0 Å². The van der Waals surface area contributed by atoms with Gasteiger partial charge in [-0.2, -0.15) is 5.10 Å². The lowest BCUT2D eigenvalue weighted by atomic mass is 10.1. The van der Waals surface area contributed by atoms with E-state index in [2.05, 4.69) is 34.5 Å². The summed E-state index contributed by atoms with van der Waals surface area (Å²) in [6.07, 6.45) is 1.59. The molecule has 0 saturated carbocycles. The molecule has 7 nitrogen and oxygen atoms in total. The highest BCUT2D eigenvalue weighted by Crippen LogP contribution is 2.20. The molecule has 0 saturated heterocycles. The molecule has 32 heavy (non-hydrogen) atoms. The Kier molecular flexibility index (Phi) is 7.90. The van der Waals surface area contributed by atoms with Gasteiger partial charge in [0.25, 0.3) is 5.91 Å². The SMILES string of the molecule is CCNc1ccc(C#Cc2cc(O[C@@H](C)COC)cc(C(=O)Nc3ccn(C)n3)c2)cc1. The maximum Gasteiger partial charge on any atom is 0.257 e. The zero-order chi connectivity index (χ0) is 22.9. The number of benzene rings is 2. The van der Waals surface area contributed by atoms with Crippen LogP contribution in [0.2, 0.25) is 0 Å². The number of nitrogens with one attached hydrogen (secondary N) is 2. The number of rotatable bonds is 8. The second kappa shape index (κ2) is 11.0. The van der Waals surface area contributed by atoms with Gasteiger partial charge in [-0.1, -0.05) is 11.8 Å². The highest BCUT2D eigenvalue weighted by Gasteiger charge is 2.12. The number of nitrogens with zero attached hydrogens (tertiary/aromatic N) is 2. The Morgan fingerprint density at radius 2 is 1.88 bits per heavy atom. The van der Waals surface area contributed by atoms with E-state index in [1.165, 1.54) is 0 Å². The smallest absolute Gasteiger partial charge is 0.257 e. The number of ether oxygens (including phenoxy) is 2. The molecule has 0 spiro atoms. The number of methoxy groups -OCH3 is 1. The number of aryl methyl sites for hydroxylation is 1. The number of carbonyl (C=O) groups excluding carboxylic acids is 1. The molecule has 3 rings (SSSR count). The van der Waals surface area contributed by atoms with E-state index in [1.807, 2.05) is 37.3 Å². The highest BCUT2D eigenvalue weighted by atomic mass is 16.5. The minimum atomic E-state index is -0.286. The third-order valence-electron chi connectivity index (χ3n) is 4.48. The predicted molar refractivity (Wildman–Crippen MR) is 126 cm³/mol. The lowest BCUT2D eigenvalue weighted by Crippen LogP contribution is -2.19. The first kappa shape index (κ1) is 22.9. The summed E-state index contributed by atoms with van der Waals surface area (Å²) < 4.78 is 12.7. The van der Waals surface area contributed by atoms with E-state index in [9.17, 15) is 4.79 Å². The van der Waals surface area contributed by atoms with Crippen molar-refractivity contribution in [2.75, 3.05) is 30.9 Å². The van der Waals surface area contributed by atoms with Gasteiger partial charge in [-0.25, -0.2) is 0 Å². The van der Waals surface area contributed by atoms with Crippen LogP contribution in [0, 0.1) is 11.8 Å². The average molecular weight is 433 g/mol. The van der Waals surface area contributed by atoms with Crippen molar-refractivity contribution in [2.45, 2.75) is 20.0 Å². The monoisotopic (exact) mass is 432 g/mol. The number of carbonyl (C=O) groups is 1. The van der Waals surface area contributed by atoms with Crippen LogP contribution in [0.15, 0.2) is 54.7 Å². The van der Waals surface area contributed by atoms with Crippen LogP contribution in [0.4, 0.5) is 11.5 Å². The van der Waals surface area contributed by atoms with Gasteiger partial charge in [-0.15, -0.1) is 0 Å². The summed E-state index contributed by atoms with van der Waals surface area (Å²) in [5.74, 6) is 7.03. The van der Waals surface area contributed by atoms with E-state index in [1.54, 1.807) is 43.2 Å². The van der Waals surface area contributed by atoms with E-state index in [0.717, 1.165) is 17.8 Å². The average Bonchev–Trinajstić information content (AvgIpc) is 3.18. The standard InChI is InChI=1S/C25H28N4O3/c1-5-26-22-10-8-19(9-11-22)6-7-20-14-21(16-23(15-20)32-18(2)17-31-4)25(30)27-24-12-13-29(3)28-24/h8-16,18,26H,5,17H2,1-4H3,(H,27,28,30)/t18-/m0/s1. The molecule has 7 heteroatoms. The van der Waals surface area contributed by atoms with Crippen LogP contribution in [0.5, 0.6) is 5.75 Å². The molecule has 166 valence electrons. The molecule has 3 aromatic rings. The Bertz CT molecular complexity index is 1110. The summed E-state index contributed by atoms with van der Waals surface area (Å²) in [6.45, 7) is 5.26. The number of hydrogen-bond acceptors (Lipinski definition) is 5. The van der Waals surface area contributed by atoms with E-state index >= 15 is 0 Å². The predicted octanol–water partition coefficient (Wildman–Crippen LogP) is 3.92. The van der Waals surface area contributed by atoms with Gasteiger partial charge >= 0.3 is 0 Å². The van der Waals surface area contributed by atoms with E-state index in [4.69, 9.17) is 9.47 Å². The number of amides is 1. The Hall–Kier alpha value is -3.76. The van der Waals surface area contributed by atoms with E-state index in [0.29, 0.717) is 29.3 Å².